The van der Waals surface area contributed by atoms with E-state index in [-0.39, 0.29) is 17.4 Å². The van der Waals surface area contributed by atoms with Crippen LogP contribution in [0.3, 0.4) is 0 Å². The highest BCUT2D eigenvalue weighted by Crippen LogP contribution is 2.27. The number of amides is 1. The van der Waals surface area contributed by atoms with Gasteiger partial charge in [-0.3, -0.25) is 9.20 Å². The van der Waals surface area contributed by atoms with E-state index in [9.17, 15) is 18.0 Å². The number of hydrogen-bond donors (Lipinski definition) is 2. The molecule has 0 aliphatic rings. The Morgan fingerprint density at radius 1 is 1.12 bits per heavy atom. The number of rotatable bonds is 3. The number of carbonyl (C=O) groups is 2. The van der Waals surface area contributed by atoms with Crippen molar-refractivity contribution in [3.63, 3.8) is 0 Å². The van der Waals surface area contributed by atoms with E-state index in [4.69, 9.17) is 21.5 Å². The van der Waals surface area contributed by atoms with Crippen molar-refractivity contribution >= 4 is 29.0 Å². The van der Waals surface area contributed by atoms with Crippen LogP contribution in [0.4, 0.5) is 13.2 Å². The van der Waals surface area contributed by atoms with Gasteiger partial charge in [-0.1, -0.05) is 50.6 Å². The number of alkyl halides is 3. The minimum atomic E-state index is -5.08. The Balaban J connectivity index is 0.000000451. The van der Waals surface area contributed by atoms with E-state index >= 15 is 0 Å². The van der Waals surface area contributed by atoms with E-state index in [1.807, 2.05) is 60.0 Å². The molecule has 3 rings (SSSR count). The summed E-state index contributed by atoms with van der Waals surface area (Å²) >= 11 is 6.12. The van der Waals surface area contributed by atoms with E-state index in [1.54, 1.807) is 0 Å². The monoisotopic (exact) mass is 469 g/mol. The predicted octanol–water partition coefficient (Wildman–Crippen LogP) is 5.45. The van der Waals surface area contributed by atoms with Gasteiger partial charge in [-0.25, -0.2) is 9.78 Å². The average Bonchev–Trinajstić information content (AvgIpc) is 3.07. The minimum Gasteiger partial charge on any atom is -0.475 e. The molecule has 1 atom stereocenters. The molecule has 0 unspecified atom stereocenters. The summed E-state index contributed by atoms with van der Waals surface area (Å²) in [6.45, 7) is 8.29. The summed E-state index contributed by atoms with van der Waals surface area (Å²) in [6.07, 6.45) is -3.23. The van der Waals surface area contributed by atoms with Gasteiger partial charge < -0.3 is 10.4 Å². The Morgan fingerprint density at radius 3 is 2.28 bits per heavy atom. The molecule has 2 N–H and O–H groups in total. The quantitative estimate of drug-likeness (QED) is 0.534. The minimum absolute atomic E-state index is 0.0191. The zero-order valence-electron chi connectivity index (χ0n) is 17.9. The second kappa shape index (κ2) is 9.60. The Morgan fingerprint density at radius 2 is 1.75 bits per heavy atom. The summed E-state index contributed by atoms with van der Waals surface area (Å²) in [6, 6.07) is 13.3. The maximum atomic E-state index is 12.8. The molecule has 0 spiro atoms. The summed E-state index contributed by atoms with van der Waals surface area (Å²) in [7, 11) is 0. The lowest BCUT2D eigenvalue weighted by Gasteiger charge is -2.27. The Labute approximate surface area is 188 Å². The highest BCUT2D eigenvalue weighted by molar-refractivity contribution is 6.30. The van der Waals surface area contributed by atoms with Gasteiger partial charge >= 0.3 is 12.1 Å². The number of benzene rings is 1. The molecule has 0 saturated heterocycles. The first kappa shape index (κ1) is 25.2. The molecule has 0 radical (unpaired) electrons. The molecule has 0 aliphatic carbocycles. The van der Waals surface area contributed by atoms with Gasteiger partial charge in [0.05, 0.1) is 11.2 Å². The molecule has 0 fully saturated rings. The van der Waals surface area contributed by atoms with E-state index in [1.165, 1.54) is 0 Å². The summed E-state index contributed by atoms with van der Waals surface area (Å²) in [5.41, 5.74) is 2.48. The van der Waals surface area contributed by atoms with Crippen molar-refractivity contribution in [3.8, 4) is 11.3 Å². The lowest BCUT2D eigenvalue weighted by Crippen LogP contribution is -2.42. The zero-order valence-corrected chi connectivity index (χ0v) is 18.6. The number of nitrogens with one attached hydrogen (secondary N) is 1. The molecule has 172 valence electrons. The number of halogens is 4. The molecule has 1 aromatic carbocycles. The number of carboxylic acids is 1. The number of fused-ring (bicyclic) bond motifs is 1. The number of aliphatic carboxylic acids is 1. The van der Waals surface area contributed by atoms with Gasteiger partial charge in [-0.2, -0.15) is 13.2 Å². The van der Waals surface area contributed by atoms with Crippen LogP contribution in [-0.2, 0) is 4.79 Å². The first-order valence-electron chi connectivity index (χ1n) is 9.56. The molecule has 6 nitrogen and oxygen atoms in total. The Kier molecular flexibility index (Phi) is 7.56. The average molecular weight is 470 g/mol. The van der Waals surface area contributed by atoms with Crippen LogP contribution >= 0.6 is 11.6 Å². The molecule has 3 aromatic rings. The van der Waals surface area contributed by atoms with Crippen molar-refractivity contribution in [3.05, 3.63) is 59.5 Å². The maximum absolute atomic E-state index is 12.8. The standard InChI is InChI=1S/C20H22ClN3O.C2HF3O2/c1-13(20(2,3)4)22-19(25)18-23-17(14-8-7-9-15(21)12-14)16-10-5-6-11-24(16)18;3-2(4,5)1(6)7/h5-13H,1-4H3,(H,22,25);(H,6,7)/t13-;/m1./s1. The molecular formula is C22H23ClF3N3O3. The van der Waals surface area contributed by atoms with Crippen LogP contribution in [0, 0.1) is 5.41 Å². The second-order valence-corrected chi connectivity index (χ2v) is 8.55. The maximum Gasteiger partial charge on any atom is 0.490 e. The first-order valence-corrected chi connectivity index (χ1v) is 9.93. The number of carboxylic acid groups (broad SMARTS) is 1. The van der Waals surface area contributed by atoms with Crippen LogP contribution in [0.25, 0.3) is 16.8 Å². The number of nitrogens with zero attached hydrogens (tertiary/aromatic N) is 2. The molecule has 2 aromatic heterocycles. The van der Waals surface area contributed by atoms with Crippen molar-refractivity contribution in [2.75, 3.05) is 0 Å². The fraction of sp³-hybridized carbons (Fsp3) is 0.318. The molecule has 2 heterocycles. The zero-order chi connectivity index (χ0) is 24.3. The van der Waals surface area contributed by atoms with Crippen molar-refractivity contribution < 1.29 is 27.9 Å². The molecule has 0 aliphatic heterocycles. The SMILES string of the molecule is C[C@@H](NC(=O)c1nc(-c2cccc(Cl)c2)c2ccccn12)C(C)(C)C.O=C(O)C(F)(F)F. The van der Waals surface area contributed by atoms with Gasteiger partial charge in [0.1, 0.15) is 0 Å². The van der Waals surface area contributed by atoms with E-state index in [0.717, 1.165) is 16.8 Å². The number of pyridine rings is 1. The summed E-state index contributed by atoms with van der Waals surface area (Å²) in [5, 5.41) is 10.8. The van der Waals surface area contributed by atoms with E-state index in [2.05, 4.69) is 31.1 Å². The van der Waals surface area contributed by atoms with Gasteiger partial charge in [0.15, 0.2) is 0 Å². The van der Waals surface area contributed by atoms with Crippen LogP contribution < -0.4 is 5.32 Å². The van der Waals surface area contributed by atoms with Crippen LogP contribution in [0.5, 0.6) is 0 Å². The fourth-order valence-electron chi connectivity index (χ4n) is 2.52. The van der Waals surface area contributed by atoms with Gasteiger partial charge in [0.2, 0.25) is 5.82 Å². The van der Waals surface area contributed by atoms with E-state index in [0.29, 0.717) is 10.8 Å². The fourth-order valence-corrected chi connectivity index (χ4v) is 2.71. The van der Waals surface area contributed by atoms with E-state index < -0.39 is 12.1 Å². The van der Waals surface area contributed by atoms with Crippen molar-refractivity contribution in [1.29, 1.82) is 0 Å². The second-order valence-electron chi connectivity index (χ2n) is 8.11. The largest absolute Gasteiger partial charge is 0.490 e. The summed E-state index contributed by atoms with van der Waals surface area (Å²) < 4.78 is 33.6. The van der Waals surface area contributed by atoms with Crippen LogP contribution in [0.15, 0.2) is 48.7 Å². The van der Waals surface area contributed by atoms with Crippen molar-refractivity contribution in [2.24, 2.45) is 5.41 Å². The lowest BCUT2D eigenvalue weighted by molar-refractivity contribution is -0.192. The summed E-state index contributed by atoms with van der Waals surface area (Å²) in [4.78, 5) is 26.3. The summed E-state index contributed by atoms with van der Waals surface area (Å²) in [5.74, 6) is -2.56. The molecule has 32 heavy (non-hydrogen) atoms. The predicted molar refractivity (Wildman–Crippen MR) is 116 cm³/mol. The topological polar surface area (TPSA) is 83.7 Å². The highest BCUT2D eigenvalue weighted by atomic mass is 35.5. The highest BCUT2D eigenvalue weighted by Gasteiger charge is 2.38. The van der Waals surface area contributed by atoms with Crippen LogP contribution in [0.1, 0.15) is 38.3 Å². The van der Waals surface area contributed by atoms with Crippen LogP contribution in [0.2, 0.25) is 5.02 Å². The van der Waals surface area contributed by atoms with Crippen molar-refractivity contribution in [1.82, 2.24) is 14.7 Å². The molecule has 1 amide bonds. The molecule has 0 saturated carbocycles. The third kappa shape index (κ3) is 6.23. The lowest BCUT2D eigenvalue weighted by atomic mass is 9.88. The molecule has 0 bridgehead atoms. The van der Waals surface area contributed by atoms with Gasteiger partial charge in [0.25, 0.3) is 5.91 Å². The Hall–Kier alpha value is -3.07. The normalized spacial score (nSPS) is 12.6. The van der Waals surface area contributed by atoms with Gasteiger partial charge in [-0.05, 0) is 36.6 Å². The number of carbonyl (C=O) groups excluding carboxylic acids is 1. The Bertz CT molecular complexity index is 1120. The first-order chi connectivity index (χ1) is 14.7. The number of hydrogen-bond acceptors (Lipinski definition) is 3. The van der Waals surface area contributed by atoms with Gasteiger partial charge in [0, 0.05) is 22.8 Å². The number of aromatic nitrogens is 2. The molecule has 10 heteroatoms. The van der Waals surface area contributed by atoms with Gasteiger partial charge in [-0.15, -0.1) is 0 Å². The van der Waals surface area contributed by atoms with Crippen LogP contribution in [-0.4, -0.2) is 38.6 Å². The number of imidazole rings is 1. The third-order valence-electron chi connectivity index (χ3n) is 4.74. The molecular weight excluding hydrogens is 447 g/mol. The van der Waals surface area contributed by atoms with Crippen molar-refractivity contribution in [2.45, 2.75) is 39.9 Å². The smallest absolute Gasteiger partial charge is 0.475 e. The third-order valence-corrected chi connectivity index (χ3v) is 4.97.